The molecule has 5 aromatic rings. The number of nitrogens with zero attached hydrogens (tertiary/aromatic N) is 5. The molecule has 4 aromatic heterocycles. The Hall–Kier alpha value is -4.37. The number of rotatable bonds is 7. The number of imidazole rings is 1. The summed E-state index contributed by atoms with van der Waals surface area (Å²) in [7, 11) is 0. The van der Waals surface area contributed by atoms with Crippen LogP contribution in [0.3, 0.4) is 0 Å². The number of Topliss-reactive ketones (excluding diaryl/α,β-unsaturated/α-hetero) is 1. The van der Waals surface area contributed by atoms with Gasteiger partial charge >= 0.3 is 0 Å². The van der Waals surface area contributed by atoms with Crippen molar-refractivity contribution in [2.24, 2.45) is 0 Å². The molecular weight excluding hydrogens is 466 g/mol. The molecule has 1 aliphatic rings. The molecule has 1 saturated heterocycles. The summed E-state index contributed by atoms with van der Waals surface area (Å²) < 4.78 is 5.47. The highest BCUT2D eigenvalue weighted by Crippen LogP contribution is 2.27. The van der Waals surface area contributed by atoms with Crippen LogP contribution in [0.4, 0.5) is 5.82 Å². The Morgan fingerprint density at radius 3 is 2.59 bits per heavy atom. The van der Waals surface area contributed by atoms with Crippen molar-refractivity contribution in [3.05, 3.63) is 77.9 Å². The number of aromatic amines is 2. The number of carbonyl (C=O) groups excluding carboxylic acids is 1. The standard InChI is InChI=1S/C28H27N7O2/c1-18-2-5-21(17-30-18)25-16-22(33-34-25)15-23(36)14-19-3-6-20(7-4-19)27-31-24-8-9-29-28(26(24)32-27)35-10-12-37-13-11-35/h2-9,16-17H,10-15H2,1H3,(H,31,32)(H,33,34). The average molecular weight is 494 g/mol. The van der Waals surface area contributed by atoms with Crippen LogP contribution in [0.1, 0.15) is 17.0 Å². The van der Waals surface area contributed by atoms with Gasteiger partial charge in [0.25, 0.3) is 0 Å². The lowest BCUT2D eigenvalue weighted by Crippen LogP contribution is -2.36. The second-order valence-corrected chi connectivity index (χ2v) is 9.27. The third-order valence-corrected chi connectivity index (χ3v) is 6.55. The molecule has 37 heavy (non-hydrogen) atoms. The maximum atomic E-state index is 12.7. The lowest BCUT2D eigenvalue weighted by molar-refractivity contribution is -0.117. The monoisotopic (exact) mass is 493 g/mol. The van der Waals surface area contributed by atoms with Gasteiger partial charge in [0.05, 0.1) is 24.4 Å². The fourth-order valence-electron chi connectivity index (χ4n) is 4.57. The minimum absolute atomic E-state index is 0.120. The van der Waals surface area contributed by atoms with Gasteiger partial charge in [0, 0.05) is 60.8 Å². The first-order chi connectivity index (χ1) is 18.1. The molecule has 0 amide bonds. The van der Waals surface area contributed by atoms with E-state index < -0.39 is 0 Å². The summed E-state index contributed by atoms with van der Waals surface area (Å²) in [6, 6.07) is 15.8. The Morgan fingerprint density at radius 1 is 1.00 bits per heavy atom. The van der Waals surface area contributed by atoms with E-state index in [1.165, 1.54) is 0 Å². The first kappa shape index (κ1) is 23.1. The van der Waals surface area contributed by atoms with Gasteiger partial charge < -0.3 is 14.6 Å². The molecule has 9 heteroatoms. The van der Waals surface area contributed by atoms with Crippen molar-refractivity contribution in [2.75, 3.05) is 31.2 Å². The van der Waals surface area contributed by atoms with Crippen LogP contribution in [0.25, 0.3) is 33.7 Å². The number of nitrogens with one attached hydrogen (secondary N) is 2. The highest BCUT2D eigenvalue weighted by atomic mass is 16.5. The predicted molar refractivity (Wildman–Crippen MR) is 141 cm³/mol. The van der Waals surface area contributed by atoms with Gasteiger partial charge in [-0.25, -0.2) is 9.97 Å². The fourth-order valence-corrected chi connectivity index (χ4v) is 4.57. The lowest BCUT2D eigenvalue weighted by Gasteiger charge is -2.27. The van der Waals surface area contributed by atoms with Crippen molar-refractivity contribution in [1.29, 1.82) is 0 Å². The number of aryl methyl sites for hydroxylation is 1. The number of benzene rings is 1. The molecule has 9 nitrogen and oxygen atoms in total. The molecule has 2 N–H and O–H groups in total. The molecule has 0 saturated carbocycles. The van der Waals surface area contributed by atoms with Crippen molar-refractivity contribution in [3.63, 3.8) is 0 Å². The number of pyridine rings is 2. The zero-order valence-corrected chi connectivity index (χ0v) is 20.6. The molecule has 1 aromatic carbocycles. The number of H-pyrrole nitrogens is 2. The quantitative estimate of drug-likeness (QED) is 0.353. The van der Waals surface area contributed by atoms with Crippen molar-refractivity contribution in [3.8, 4) is 22.6 Å². The highest BCUT2D eigenvalue weighted by Gasteiger charge is 2.18. The van der Waals surface area contributed by atoms with E-state index in [0.29, 0.717) is 26.1 Å². The van der Waals surface area contributed by atoms with Gasteiger partial charge in [0.1, 0.15) is 17.1 Å². The number of anilines is 1. The van der Waals surface area contributed by atoms with Crippen LogP contribution in [0.15, 0.2) is 60.9 Å². The number of carbonyl (C=O) groups is 1. The molecule has 0 unspecified atom stereocenters. The van der Waals surface area contributed by atoms with Gasteiger partial charge in [-0.3, -0.25) is 14.9 Å². The van der Waals surface area contributed by atoms with Crippen molar-refractivity contribution in [2.45, 2.75) is 19.8 Å². The second-order valence-electron chi connectivity index (χ2n) is 9.27. The normalized spacial score (nSPS) is 13.8. The number of hydrogen-bond donors (Lipinski definition) is 2. The number of fused-ring (bicyclic) bond motifs is 1. The van der Waals surface area contributed by atoms with Crippen molar-refractivity contribution >= 4 is 22.6 Å². The van der Waals surface area contributed by atoms with E-state index in [9.17, 15) is 4.79 Å². The van der Waals surface area contributed by atoms with E-state index in [4.69, 9.17) is 9.72 Å². The maximum Gasteiger partial charge on any atom is 0.156 e. The van der Waals surface area contributed by atoms with Crippen LogP contribution in [-0.2, 0) is 22.4 Å². The summed E-state index contributed by atoms with van der Waals surface area (Å²) in [5.74, 6) is 1.78. The summed E-state index contributed by atoms with van der Waals surface area (Å²) in [6.07, 6.45) is 4.26. The first-order valence-electron chi connectivity index (χ1n) is 12.4. The Morgan fingerprint density at radius 2 is 1.81 bits per heavy atom. The van der Waals surface area contributed by atoms with Crippen LogP contribution in [0.5, 0.6) is 0 Å². The zero-order valence-electron chi connectivity index (χ0n) is 20.6. The van der Waals surface area contributed by atoms with Gasteiger partial charge in [0.2, 0.25) is 0 Å². The number of ether oxygens (including phenoxy) is 1. The largest absolute Gasteiger partial charge is 0.378 e. The Balaban J connectivity index is 1.13. The highest BCUT2D eigenvalue weighted by molar-refractivity contribution is 5.89. The first-order valence-corrected chi connectivity index (χ1v) is 12.4. The molecule has 1 aliphatic heterocycles. The number of aromatic nitrogens is 6. The molecule has 0 spiro atoms. The van der Waals surface area contributed by atoms with Gasteiger partial charge in [-0.15, -0.1) is 0 Å². The third kappa shape index (κ3) is 4.99. The Bertz CT molecular complexity index is 1530. The molecular formula is C28H27N7O2. The van der Waals surface area contributed by atoms with Crippen LogP contribution in [0, 0.1) is 6.92 Å². The van der Waals surface area contributed by atoms with Gasteiger partial charge in [0.15, 0.2) is 5.82 Å². The fraction of sp³-hybridized carbons (Fsp3) is 0.250. The number of ketones is 1. The SMILES string of the molecule is Cc1ccc(-c2cc(CC(=O)Cc3ccc(-c4nc5c(N6CCOCC6)nccc5[nH]4)cc3)[nH]n2)cn1. The molecule has 5 heterocycles. The molecule has 1 fully saturated rings. The third-order valence-electron chi connectivity index (χ3n) is 6.55. The van der Waals surface area contributed by atoms with E-state index in [2.05, 4.69) is 30.0 Å². The van der Waals surface area contributed by atoms with Crippen LogP contribution in [-0.4, -0.2) is 62.2 Å². The molecule has 0 bridgehead atoms. The van der Waals surface area contributed by atoms with E-state index in [1.807, 2.05) is 61.7 Å². The van der Waals surface area contributed by atoms with Crippen LogP contribution < -0.4 is 4.90 Å². The van der Waals surface area contributed by atoms with E-state index in [1.54, 1.807) is 6.20 Å². The molecule has 186 valence electrons. The van der Waals surface area contributed by atoms with Crippen LogP contribution >= 0.6 is 0 Å². The summed E-state index contributed by atoms with van der Waals surface area (Å²) in [5.41, 5.74) is 7.20. The lowest BCUT2D eigenvalue weighted by atomic mass is 10.0. The Labute approximate surface area is 213 Å². The van der Waals surface area contributed by atoms with Crippen molar-refractivity contribution in [1.82, 2.24) is 30.1 Å². The molecule has 0 aliphatic carbocycles. The number of morpholine rings is 1. The summed E-state index contributed by atoms with van der Waals surface area (Å²) in [4.78, 5) is 32.1. The smallest absolute Gasteiger partial charge is 0.156 e. The minimum atomic E-state index is 0.120. The molecule has 0 radical (unpaired) electrons. The van der Waals surface area contributed by atoms with Crippen LogP contribution in [0.2, 0.25) is 0 Å². The summed E-state index contributed by atoms with van der Waals surface area (Å²) in [6.45, 7) is 4.95. The zero-order chi connectivity index (χ0) is 25.2. The topological polar surface area (TPSA) is 113 Å². The molecule has 0 atom stereocenters. The molecule has 6 rings (SSSR count). The van der Waals surface area contributed by atoms with E-state index in [-0.39, 0.29) is 5.78 Å². The van der Waals surface area contributed by atoms with E-state index in [0.717, 1.165) is 69.5 Å². The Kier molecular flexibility index (Phi) is 6.20. The van der Waals surface area contributed by atoms with E-state index >= 15 is 0 Å². The number of hydrogen-bond acceptors (Lipinski definition) is 7. The second kappa shape index (κ2) is 9.94. The summed E-state index contributed by atoms with van der Waals surface area (Å²) >= 11 is 0. The minimum Gasteiger partial charge on any atom is -0.378 e. The van der Waals surface area contributed by atoms with Gasteiger partial charge in [-0.2, -0.15) is 5.10 Å². The maximum absolute atomic E-state index is 12.7. The summed E-state index contributed by atoms with van der Waals surface area (Å²) in [5, 5.41) is 7.31. The predicted octanol–water partition coefficient (Wildman–Crippen LogP) is 3.91. The average Bonchev–Trinajstić information content (AvgIpc) is 3.57. The van der Waals surface area contributed by atoms with Gasteiger partial charge in [-0.1, -0.05) is 24.3 Å². The van der Waals surface area contributed by atoms with Gasteiger partial charge in [-0.05, 0) is 36.8 Å². The van der Waals surface area contributed by atoms with Crippen molar-refractivity contribution < 1.29 is 9.53 Å².